The number of hydrogen-bond acceptors (Lipinski definition) is 5. The van der Waals surface area contributed by atoms with Crippen molar-refractivity contribution in [3.8, 4) is 5.88 Å². The van der Waals surface area contributed by atoms with Gasteiger partial charge in [0.15, 0.2) is 0 Å². The van der Waals surface area contributed by atoms with E-state index in [9.17, 15) is 5.11 Å². The molecule has 18 heavy (non-hydrogen) atoms. The second-order valence-electron chi connectivity index (χ2n) is 5.08. The van der Waals surface area contributed by atoms with E-state index in [2.05, 4.69) is 4.98 Å². The van der Waals surface area contributed by atoms with Crippen molar-refractivity contribution in [2.45, 2.75) is 32.8 Å². The van der Waals surface area contributed by atoms with Crippen LogP contribution in [0.25, 0.3) is 0 Å². The van der Waals surface area contributed by atoms with Gasteiger partial charge in [-0.25, -0.2) is 0 Å². The lowest BCUT2D eigenvalue weighted by Crippen LogP contribution is -2.36. The predicted molar refractivity (Wildman–Crippen MR) is 74.0 cm³/mol. The molecule has 1 aromatic rings. The van der Waals surface area contributed by atoms with E-state index in [4.69, 9.17) is 10.5 Å². The normalized spacial score (nSPS) is 11.4. The first kappa shape index (κ1) is 14.6. The van der Waals surface area contributed by atoms with Crippen molar-refractivity contribution in [2.24, 2.45) is 0 Å². The van der Waals surface area contributed by atoms with Crippen LogP contribution in [0.1, 0.15) is 27.2 Å². The van der Waals surface area contributed by atoms with E-state index in [1.807, 2.05) is 24.9 Å². The Bertz CT molecular complexity index is 388. The summed E-state index contributed by atoms with van der Waals surface area (Å²) in [5.41, 5.74) is 5.56. The molecule has 0 amide bonds. The van der Waals surface area contributed by atoms with Crippen LogP contribution < -0.4 is 15.4 Å². The number of aromatic nitrogens is 1. The molecule has 3 N–H and O–H groups in total. The molecule has 0 radical (unpaired) electrons. The summed E-state index contributed by atoms with van der Waals surface area (Å²) in [7, 11) is 1.88. The largest absolute Gasteiger partial charge is 0.476 e. The van der Waals surface area contributed by atoms with Crippen LogP contribution in [0.15, 0.2) is 12.1 Å². The van der Waals surface area contributed by atoms with Crippen molar-refractivity contribution >= 4 is 11.5 Å². The smallest absolute Gasteiger partial charge is 0.239 e. The van der Waals surface area contributed by atoms with Crippen molar-refractivity contribution in [3.63, 3.8) is 0 Å². The molecular formula is C13H23N3O2. The SMILES string of the molecule is CCCOc1nc(N(C)CC(C)(C)O)ccc1N. The van der Waals surface area contributed by atoms with E-state index in [-0.39, 0.29) is 0 Å². The number of rotatable bonds is 6. The minimum Gasteiger partial charge on any atom is -0.476 e. The van der Waals surface area contributed by atoms with Crippen molar-refractivity contribution in [3.05, 3.63) is 12.1 Å². The number of nitrogens with zero attached hydrogens (tertiary/aromatic N) is 2. The fourth-order valence-electron chi connectivity index (χ4n) is 1.63. The molecule has 0 aliphatic carbocycles. The molecule has 5 nitrogen and oxygen atoms in total. The van der Waals surface area contributed by atoms with Gasteiger partial charge in [0.1, 0.15) is 5.82 Å². The Balaban J connectivity index is 2.83. The van der Waals surface area contributed by atoms with Gasteiger partial charge in [0.05, 0.1) is 17.9 Å². The van der Waals surface area contributed by atoms with Crippen LogP contribution in [-0.2, 0) is 0 Å². The highest BCUT2D eigenvalue weighted by atomic mass is 16.5. The van der Waals surface area contributed by atoms with Gasteiger partial charge in [-0.3, -0.25) is 0 Å². The van der Waals surface area contributed by atoms with Crippen LogP contribution in [0.4, 0.5) is 11.5 Å². The molecule has 5 heteroatoms. The quantitative estimate of drug-likeness (QED) is 0.806. The predicted octanol–water partition coefficient (Wildman–Crippen LogP) is 1.66. The first-order chi connectivity index (χ1) is 8.33. The zero-order valence-corrected chi connectivity index (χ0v) is 11.6. The highest BCUT2D eigenvalue weighted by Crippen LogP contribution is 2.23. The summed E-state index contributed by atoms with van der Waals surface area (Å²) >= 11 is 0. The molecule has 102 valence electrons. The van der Waals surface area contributed by atoms with Gasteiger partial charge in [-0.2, -0.15) is 4.98 Å². The van der Waals surface area contributed by atoms with Crippen molar-refractivity contribution in [1.29, 1.82) is 0 Å². The number of hydrogen-bond donors (Lipinski definition) is 2. The monoisotopic (exact) mass is 253 g/mol. The van der Waals surface area contributed by atoms with Crippen molar-refractivity contribution in [2.75, 3.05) is 30.8 Å². The van der Waals surface area contributed by atoms with Gasteiger partial charge in [-0.15, -0.1) is 0 Å². The number of likely N-dealkylation sites (N-methyl/N-ethyl adjacent to an activating group) is 1. The second kappa shape index (κ2) is 5.91. The number of nitrogens with two attached hydrogens (primary N) is 1. The van der Waals surface area contributed by atoms with Crippen molar-refractivity contribution in [1.82, 2.24) is 4.98 Å². The number of aliphatic hydroxyl groups is 1. The molecule has 0 bridgehead atoms. The molecule has 0 aliphatic rings. The summed E-state index contributed by atoms with van der Waals surface area (Å²) in [6.45, 7) is 6.62. The summed E-state index contributed by atoms with van der Waals surface area (Å²) in [4.78, 5) is 6.23. The van der Waals surface area contributed by atoms with Crippen LogP contribution in [0, 0.1) is 0 Å². The van der Waals surface area contributed by atoms with E-state index < -0.39 is 5.60 Å². The lowest BCUT2D eigenvalue weighted by molar-refractivity contribution is 0.0884. The fraction of sp³-hybridized carbons (Fsp3) is 0.615. The van der Waals surface area contributed by atoms with Gasteiger partial charge in [0.2, 0.25) is 5.88 Å². The van der Waals surface area contributed by atoms with Gasteiger partial charge < -0.3 is 20.5 Å². The van der Waals surface area contributed by atoms with Crippen LogP contribution in [-0.4, -0.2) is 35.9 Å². The van der Waals surface area contributed by atoms with Crippen molar-refractivity contribution < 1.29 is 9.84 Å². The van der Waals surface area contributed by atoms with E-state index in [1.54, 1.807) is 19.9 Å². The molecule has 0 fully saturated rings. The number of pyridine rings is 1. The highest BCUT2D eigenvalue weighted by Gasteiger charge is 2.17. The molecule has 0 spiro atoms. The van der Waals surface area contributed by atoms with Crippen LogP contribution in [0.2, 0.25) is 0 Å². The minimum atomic E-state index is -0.776. The third-order valence-electron chi connectivity index (χ3n) is 2.33. The Kier molecular flexibility index (Phi) is 4.78. The average molecular weight is 253 g/mol. The maximum Gasteiger partial charge on any atom is 0.239 e. The van der Waals surface area contributed by atoms with Crippen LogP contribution >= 0.6 is 0 Å². The Morgan fingerprint density at radius 2 is 2.11 bits per heavy atom. The summed E-state index contributed by atoms with van der Waals surface area (Å²) < 4.78 is 5.48. The third-order valence-corrected chi connectivity index (χ3v) is 2.33. The Morgan fingerprint density at radius 1 is 1.44 bits per heavy atom. The van der Waals surface area contributed by atoms with Gasteiger partial charge in [-0.1, -0.05) is 6.92 Å². The average Bonchev–Trinajstić information content (AvgIpc) is 2.25. The van der Waals surface area contributed by atoms with E-state index >= 15 is 0 Å². The first-order valence-corrected chi connectivity index (χ1v) is 6.16. The summed E-state index contributed by atoms with van der Waals surface area (Å²) in [5, 5.41) is 9.79. The topological polar surface area (TPSA) is 71.6 Å². The number of ether oxygens (including phenoxy) is 1. The second-order valence-corrected chi connectivity index (χ2v) is 5.08. The molecule has 0 aliphatic heterocycles. The lowest BCUT2D eigenvalue weighted by atomic mass is 10.1. The van der Waals surface area contributed by atoms with Gasteiger partial charge in [0.25, 0.3) is 0 Å². The molecule has 0 aromatic carbocycles. The lowest BCUT2D eigenvalue weighted by Gasteiger charge is -2.26. The molecule has 0 saturated heterocycles. The summed E-state index contributed by atoms with van der Waals surface area (Å²) in [5.74, 6) is 1.19. The summed E-state index contributed by atoms with van der Waals surface area (Å²) in [6.07, 6.45) is 0.908. The third kappa shape index (κ3) is 4.41. The standard InChI is InChI=1S/C13H23N3O2/c1-5-8-18-12-10(14)6-7-11(15-12)16(4)9-13(2,3)17/h6-7,17H,5,8-9,14H2,1-4H3. The molecular weight excluding hydrogens is 230 g/mol. The van der Waals surface area contributed by atoms with Gasteiger partial charge in [-0.05, 0) is 32.4 Å². The maximum atomic E-state index is 9.79. The van der Waals surface area contributed by atoms with E-state index in [0.29, 0.717) is 24.7 Å². The molecule has 1 heterocycles. The Morgan fingerprint density at radius 3 is 2.67 bits per heavy atom. The minimum absolute atomic E-state index is 0.456. The molecule has 1 rings (SSSR count). The molecule has 0 unspecified atom stereocenters. The first-order valence-electron chi connectivity index (χ1n) is 6.16. The van der Waals surface area contributed by atoms with Crippen LogP contribution in [0.5, 0.6) is 5.88 Å². The Hall–Kier alpha value is -1.49. The number of anilines is 2. The van der Waals surface area contributed by atoms with E-state index in [0.717, 1.165) is 12.2 Å². The molecule has 1 aromatic heterocycles. The number of nitrogen functional groups attached to an aromatic ring is 1. The van der Waals surface area contributed by atoms with Crippen LogP contribution in [0.3, 0.4) is 0 Å². The highest BCUT2D eigenvalue weighted by molar-refractivity contribution is 5.54. The molecule has 0 saturated carbocycles. The van der Waals surface area contributed by atoms with Gasteiger partial charge >= 0.3 is 0 Å². The van der Waals surface area contributed by atoms with E-state index in [1.165, 1.54) is 0 Å². The zero-order valence-electron chi connectivity index (χ0n) is 11.6. The molecule has 0 atom stereocenters. The Labute approximate surface area is 109 Å². The zero-order chi connectivity index (χ0) is 13.8. The maximum absolute atomic E-state index is 9.79. The van der Waals surface area contributed by atoms with Gasteiger partial charge in [0, 0.05) is 13.6 Å². The summed E-state index contributed by atoms with van der Waals surface area (Å²) in [6, 6.07) is 3.59. The fourth-order valence-corrected chi connectivity index (χ4v) is 1.63.